The lowest BCUT2D eigenvalue weighted by Crippen LogP contribution is -2.29. The number of ether oxygens (including phenoxy) is 1. The average Bonchev–Trinajstić information content (AvgIpc) is 2.69. The summed E-state index contributed by atoms with van der Waals surface area (Å²) in [5.74, 6) is -1.00. The molecule has 5 heteroatoms. The van der Waals surface area contributed by atoms with Crippen molar-refractivity contribution in [1.82, 2.24) is 0 Å². The van der Waals surface area contributed by atoms with E-state index in [9.17, 15) is 9.59 Å². The lowest BCUT2D eigenvalue weighted by atomic mass is 10.0. The monoisotopic (exact) mass is 393 g/mol. The Morgan fingerprint density at radius 1 is 1.04 bits per heavy atom. The van der Waals surface area contributed by atoms with E-state index in [0.717, 1.165) is 21.9 Å². The summed E-state index contributed by atoms with van der Waals surface area (Å²) < 4.78 is 5.22. The number of rotatable bonds is 5. The van der Waals surface area contributed by atoms with Crippen molar-refractivity contribution < 1.29 is 14.3 Å². The molecule has 0 aliphatic heterocycles. The summed E-state index contributed by atoms with van der Waals surface area (Å²) in [7, 11) is 0. The predicted molar refractivity (Wildman–Crippen MR) is 113 cm³/mol. The lowest BCUT2D eigenvalue weighted by molar-refractivity contribution is -0.148. The number of carbonyl (C=O) groups is 2. The van der Waals surface area contributed by atoms with Gasteiger partial charge in [0.15, 0.2) is 6.10 Å². The molecule has 0 radical (unpaired) electrons. The summed E-state index contributed by atoms with van der Waals surface area (Å²) in [6.45, 7) is 3.33. The average molecular weight is 394 g/mol. The second-order valence-corrected chi connectivity index (χ2v) is 6.79. The SMILES string of the molecule is Cc1c(Cl)cccc1NC(=O)[C@@H](C)OC(=O)/C=C/c1cccc2ccccc12. The molecule has 0 aliphatic carbocycles. The van der Waals surface area contributed by atoms with Gasteiger partial charge in [-0.15, -0.1) is 0 Å². The van der Waals surface area contributed by atoms with Gasteiger partial charge in [0.05, 0.1) is 0 Å². The van der Waals surface area contributed by atoms with Crippen LogP contribution in [-0.4, -0.2) is 18.0 Å². The first kappa shape index (κ1) is 19.6. The normalized spacial score (nSPS) is 12.1. The summed E-state index contributed by atoms with van der Waals surface area (Å²) in [5, 5.41) is 5.41. The Labute approximate surface area is 168 Å². The maximum Gasteiger partial charge on any atom is 0.331 e. The Bertz CT molecular complexity index is 1050. The molecule has 0 heterocycles. The van der Waals surface area contributed by atoms with Gasteiger partial charge >= 0.3 is 5.97 Å². The molecule has 1 amide bonds. The second-order valence-electron chi connectivity index (χ2n) is 6.38. The number of carbonyl (C=O) groups excluding carboxylic acids is 2. The zero-order chi connectivity index (χ0) is 20.1. The Balaban J connectivity index is 1.64. The van der Waals surface area contributed by atoms with Gasteiger partial charge < -0.3 is 10.1 Å². The summed E-state index contributed by atoms with van der Waals surface area (Å²) in [6, 6.07) is 19.0. The number of hydrogen-bond acceptors (Lipinski definition) is 3. The van der Waals surface area contributed by atoms with Crippen LogP contribution in [0.1, 0.15) is 18.1 Å². The van der Waals surface area contributed by atoms with Crippen molar-refractivity contribution in [2.75, 3.05) is 5.32 Å². The molecule has 0 fully saturated rings. The molecular weight excluding hydrogens is 374 g/mol. The van der Waals surface area contributed by atoms with Crippen LogP contribution in [0.5, 0.6) is 0 Å². The third-order valence-corrected chi connectivity index (χ3v) is 4.82. The molecule has 4 nitrogen and oxygen atoms in total. The van der Waals surface area contributed by atoms with E-state index in [1.54, 1.807) is 24.3 Å². The molecule has 28 heavy (non-hydrogen) atoms. The van der Waals surface area contributed by atoms with Gasteiger partial charge in [0.1, 0.15) is 0 Å². The molecule has 0 aliphatic rings. The van der Waals surface area contributed by atoms with E-state index in [0.29, 0.717) is 10.7 Å². The molecule has 0 aromatic heterocycles. The van der Waals surface area contributed by atoms with E-state index in [2.05, 4.69) is 5.32 Å². The zero-order valence-corrected chi connectivity index (χ0v) is 16.4. The Hall–Kier alpha value is -3.11. The van der Waals surface area contributed by atoms with Gasteiger partial charge in [0.25, 0.3) is 5.91 Å². The van der Waals surface area contributed by atoms with Crippen LogP contribution in [0.2, 0.25) is 5.02 Å². The molecule has 3 aromatic carbocycles. The summed E-state index contributed by atoms with van der Waals surface area (Å²) in [5.41, 5.74) is 2.25. The first-order valence-electron chi connectivity index (χ1n) is 8.88. The van der Waals surface area contributed by atoms with Crippen molar-refractivity contribution in [2.24, 2.45) is 0 Å². The fourth-order valence-corrected chi connectivity index (χ4v) is 2.97. The minimum Gasteiger partial charge on any atom is -0.449 e. The smallest absolute Gasteiger partial charge is 0.331 e. The molecule has 0 unspecified atom stereocenters. The van der Waals surface area contributed by atoms with E-state index in [1.165, 1.54) is 13.0 Å². The number of anilines is 1. The predicted octanol–water partition coefficient (Wildman–Crippen LogP) is 5.39. The van der Waals surface area contributed by atoms with E-state index in [1.807, 2.05) is 49.4 Å². The van der Waals surface area contributed by atoms with E-state index >= 15 is 0 Å². The molecule has 1 N–H and O–H groups in total. The summed E-state index contributed by atoms with van der Waals surface area (Å²) >= 11 is 6.06. The lowest BCUT2D eigenvalue weighted by Gasteiger charge is -2.14. The van der Waals surface area contributed by atoms with Crippen molar-refractivity contribution in [3.05, 3.63) is 82.9 Å². The molecular formula is C23H20ClNO3. The number of benzene rings is 3. The van der Waals surface area contributed by atoms with E-state index < -0.39 is 18.0 Å². The highest BCUT2D eigenvalue weighted by molar-refractivity contribution is 6.31. The number of hydrogen-bond donors (Lipinski definition) is 1. The van der Waals surface area contributed by atoms with Gasteiger partial charge in [-0.3, -0.25) is 4.79 Å². The molecule has 0 spiro atoms. The highest BCUT2D eigenvalue weighted by Crippen LogP contribution is 2.23. The molecule has 1 atom stereocenters. The van der Waals surface area contributed by atoms with Gasteiger partial charge in [-0.05, 0) is 54.0 Å². The van der Waals surface area contributed by atoms with Crippen LogP contribution in [0.3, 0.4) is 0 Å². The zero-order valence-electron chi connectivity index (χ0n) is 15.6. The number of amides is 1. The summed E-state index contributed by atoms with van der Waals surface area (Å²) in [4.78, 5) is 24.4. The topological polar surface area (TPSA) is 55.4 Å². The van der Waals surface area contributed by atoms with Crippen molar-refractivity contribution in [3.63, 3.8) is 0 Å². The minimum atomic E-state index is -0.942. The Morgan fingerprint density at radius 3 is 2.57 bits per heavy atom. The van der Waals surface area contributed by atoms with Crippen LogP contribution >= 0.6 is 11.6 Å². The van der Waals surface area contributed by atoms with Gasteiger partial charge in [-0.2, -0.15) is 0 Å². The number of nitrogens with one attached hydrogen (secondary N) is 1. The molecule has 3 rings (SSSR count). The molecule has 0 saturated heterocycles. The van der Waals surface area contributed by atoms with Crippen LogP contribution in [0, 0.1) is 6.92 Å². The fraction of sp³-hybridized carbons (Fsp3) is 0.130. The molecule has 3 aromatic rings. The third-order valence-electron chi connectivity index (χ3n) is 4.41. The standard InChI is InChI=1S/C23H20ClNO3/c1-15-20(24)11-6-12-21(15)25-23(27)16(2)28-22(26)14-13-18-9-5-8-17-7-3-4-10-19(17)18/h3-14,16H,1-2H3,(H,25,27)/b14-13+/t16-/m1/s1. The van der Waals surface area contributed by atoms with Crippen LogP contribution in [0.15, 0.2) is 66.7 Å². The highest BCUT2D eigenvalue weighted by Gasteiger charge is 2.17. The number of halogens is 1. The van der Waals surface area contributed by atoms with E-state index in [4.69, 9.17) is 16.3 Å². The van der Waals surface area contributed by atoms with Crippen molar-refractivity contribution in [3.8, 4) is 0 Å². The van der Waals surface area contributed by atoms with Crippen LogP contribution in [-0.2, 0) is 14.3 Å². The van der Waals surface area contributed by atoms with Crippen molar-refractivity contribution >= 4 is 46.0 Å². The van der Waals surface area contributed by atoms with Gasteiger partial charge in [0.2, 0.25) is 0 Å². The Kier molecular flexibility index (Phi) is 6.12. The van der Waals surface area contributed by atoms with Crippen molar-refractivity contribution in [1.29, 1.82) is 0 Å². The minimum absolute atomic E-state index is 0.419. The van der Waals surface area contributed by atoms with Crippen LogP contribution in [0.25, 0.3) is 16.8 Å². The quantitative estimate of drug-likeness (QED) is 0.467. The van der Waals surface area contributed by atoms with Gasteiger partial charge in [-0.25, -0.2) is 4.79 Å². The first-order chi connectivity index (χ1) is 13.5. The van der Waals surface area contributed by atoms with E-state index in [-0.39, 0.29) is 0 Å². The van der Waals surface area contributed by atoms with Crippen LogP contribution in [0.4, 0.5) is 5.69 Å². The third kappa shape index (κ3) is 4.59. The molecule has 142 valence electrons. The number of fused-ring (bicyclic) bond motifs is 1. The van der Waals surface area contributed by atoms with Gasteiger partial charge in [-0.1, -0.05) is 60.1 Å². The second kappa shape index (κ2) is 8.72. The summed E-state index contributed by atoms with van der Waals surface area (Å²) in [6.07, 6.45) is 2.08. The molecule has 0 bridgehead atoms. The first-order valence-corrected chi connectivity index (χ1v) is 9.26. The maximum absolute atomic E-state index is 12.3. The Morgan fingerprint density at radius 2 is 1.75 bits per heavy atom. The largest absolute Gasteiger partial charge is 0.449 e. The van der Waals surface area contributed by atoms with Crippen molar-refractivity contribution in [2.45, 2.75) is 20.0 Å². The highest BCUT2D eigenvalue weighted by atomic mass is 35.5. The maximum atomic E-state index is 12.3. The molecule has 0 saturated carbocycles. The fourth-order valence-electron chi connectivity index (χ4n) is 2.80. The van der Waals surface area contributed by atoms with Crippen LogP contribution < -0.4 is 5.32 Å². The number of esters is 1. The van der Waals surface area contributed by atoms with Gasteiger partial charge in [0, 0.05) is 16.8 Å².